The van der Waals surface area contributed by atoms with Gasteiger partial charge in [0.25, 0.3) is 0 Å². The van der Waals surface area contributed by atoms with Crippen LogP contribution in [0.1, 0.15) is 47.0 Å². The maximum Gasteiger partial charge on any atom is 0.248 e. The predicted octanol–water partition coefficient (Wildman–Crippen LogP) is 0.920. The first-order chi connectivity index (χ1) is 17.5. The van der Waals surface area contributed by atoms with E-state index in [1.54, 1.807) is 46.5 Å². The molecule has 0 aromatic carbocycles. The van der Waals surface area contributed by atoms with Crippen LogP contribution < -0.4 is 22.1 Å². The molecule has 0 aromatic rings. The summed E-state index contributed by atoms with van der Waals surface area (Å²) in [7, 11) is 0. The molecule has 2 heterocycles. The molecule has 10 nitrogen and oxygen atoms in total. The molecule has 6 N–H and O–H groups in total. The summed E-state index contributed by atoms with van der Waals surface area (Å²) in [6.07, 6.45) is 12.4. The third-order valence-electron chi connectivity index (χ3n) is 6.47. The first-order valence-corrected chi connectivity index (χ1v) is 13.0. The minimum atomic E-state index is -0.500. The molecule has 4 amide bonds. The van der Waals surface area contributed by atoms with Crippen molar-refractivity contribution in [1.29, 1.82) is 0 Å². The summed E-state index contributed by atoms with van der Waals surface area (Å²) in [5, 5.41) is 6.75. The quantitative estimate of drug-likeness (QED) is 0.253. The number of rotatable bonds is 14. The zero-order chi connectivity index (χ0) is 27.5. The first kappa shape index (κ1) is 30.0. The Labute approximate surface area is 219 Å². The van der Waals surface area contributed by atoms with E-state index >= 15 is 0 Å². The van der Waals surface area contributed by atoms with E-state index in [0.29, 0.717) is 37.3 Å². The van der Waals surface area contributed by atoms with E-state index in [9.17, 15) is 19.2 Å². The summed E-state index contributed by atoms with van der Waals surface area (Å²) in [6, 6.07) is -0.646. The molecule has 0 saturated carbocycles. The van der Waals surface area contributed by atoms with E-state index in [2.05, 4.69) is 10.6 Å². The molecule has 2 unspecified atom stereocenters. The van der Waals surface area contributed by atoms with Crippen molar-refractivity contribution in [3.05, 3.63) is 47.9 Å². The van der Waals surface area contributed by atoms with Crippen LogP contribution in [-0.4, -0.2) is 71.7 Å². The molecule has 0 saturated heterocycles. The molecule has 0 aliphatic carbocycles. The van der Waals surface area contributed by atoms with Gasteiger partial charge in [0, 0.05) is 36.6 Å². The van der Waals surface area contributed by atoms with E-state index in [1.165, 1.54) is 0 Å². The largest absolute Gasteiger partial charge is 0.366 e. The molecule has 0 fully saturated rings. The van der Waals surface area contributed by atoms with Crippen LogP contribution in [0.15, 0.2) is 47.9 Å². The lowest BCUT2D eigenvalue weighted by Gasteiger charge is -2.29. The number of nitrogens with one attached hydrogen (secondary N) is 2. The second-order valence-corrected chi connectivity index (χ2v) is 10.1. The van der Waals surface area contributed by atoms with Crippen LogP contribution >= 0.6 is 0 Å². The highest BCUT2D eigenvalue weighted by Gasteiger charge is 2.27. The van der Waals surface area contributed by atoms with E-state index in [4.69, 9.17) is 11.5 Å². The third kappa shape index (κ3) is 8.98. The normalized spacial score (nSPS) is 17.0. The summed E-state index contributed by atoms with van der Waals surface area (Å²) in [5.74, 6) is -0.843. The van der Waals surface area contributed by atoms with Gasteiger partial charge in [0.15, 0.2) is 0 Å². The minimum Gasteiger partial charge on any atom is -0.366 e. The van der Waals surface area contributed by atoms with E-state index in [0.717, 1.165) is 19.3 Å². The fourth-order valence-electron chi connectivity index (χ4n) is 4.20. The lowest BCUT2D eigenvalue weighted by molar-refractivity contribution is -0.132. The Morgan fingerprint density at radius 1 is 0.730 bits per heavy atom. The second kappa shape index (κ2) is 14.5. The van der Waals surface area contributed by atoms with Crippen LogP contribution in [0.25, 0.3) is 0 Å². The zero-order valence-corrected chi connectivity index (χ0v) is 22.4. The molecule has 2 aliphatic rings. The number of unbranched alkanes of at least 4 members (excludes halogenated alkanes) is 2. The zero-order valence-electron chi connectivity index (χ0n) is 22.4. The van der Waals surface area contributed by atoms with Crippen LogP contribution in [0.2, 0.25) is 0 Å². The fraction of sp³-hybridized carbons (Fsp3) is 0.556. The molecule has 2 aliphatic heterocycles. The number of carbonyl (C=O) groups is 4. The highest BCUT2D eigenvalue weighted by molar-refractivity contribution is 5.96. The van der Waals surface area contributed by atoms with Crippen molar-refractivity contribution in [3.8, 4) is 0 Å². The lowest BCUT2D eigenvalue weighted by atomic mass is 10.0. The number of nitrogens with zero attached hydrogens (tertiary/aromatic N) is 2. The highest BCUT2D eigenvalue weighted by Crippen LogP contribution is 2.14. The Morgan fingerprint density at radius 2 is 1.11 bits per heavy atom. The van der Waals surface area contributed by atoms with Crippen LogP contribution in [-0.2, 0) is 19.2 Å². The summed E-state index contributed by atoms with van der Waals surface area (Å²) in [4.78, 5) is 51.7. The van der Waals surface area contributed by atoms with Crippen LogP contribution in [0, 0.1) is 11.8 Å². The molecule has 204 valence electrons. The molecule has 0 bridgehead atoms. The standard InChI is InChI=1S/C27H42N6O4/c1-18(2)22(26(36)32-14-8-20(9-15-32)24(28)34)30-12-6-5-7-13-31-23(19(3)4)27(37)33-16-10-21(11-17-33)25(29)35/h8-11,14,16,18-19,22-23,30-31H,5-7,12-13,15,17H2,1-4H3,(H2,28,34)(H2,29,35). The third-order valence-corrected chi connectivity index (χ3v) is 6.47. The predicted molar refractivity (Wildman–Crippen MR) is 143 cm³/mol. The van der Waals surface area contributed by atoms with E-state index in [1.807, 2.05) is 27.7 Å². The van der Waals surface area contributed by atoms with Crippen molar-refractivity contribution < 1.29 is 19.2 Å². The Hall–Kier alpha value is -3.24. The summed E-state index contributed by atoms with van der Waals surface area (Å²) in [6.45, 7) is 10.1. The Bertz CT molecular complexity index is 890. The van der Waals surface area contributed by atoms with Crippen molar-refractivity contribution in [2.75, 3.05) is 26.2 Å². The molecular formula is C27H42N6O4. The second-order valence-electron chi connectivity index (χ2n) is 10.1. The summed E-state index contributed by atoms with van der Waals surface area (Å²) >= 11 is 0. The van der Waals surface area contributed by atoms with Gasteiger partial charge >= 0.3 is 0 Å². The van der Waals surface area contributed by atoms with Gasteiger partial charge in [-0.1, -0.05) is 46.3 Å². The molecule has 0 radical (unpaired) electrons. The number of hydrogen-bond acceptors (Lipinski definition) is 6. The monoisotopic (exact) mass is 514 g/mol. The smallest absolute Gasteiger partial charge is 0.248 e. The number of primary amides is 2. The molecule has 10 heteroatoms. The van der Waals surface area contributed by atoms with Gasteiger partial charge in [0.2, 0.25) is 23.6 Å². The van der Waals surface area contributed by atoms with Crippen LogP contribution in [0.3, 0.4) is 0 Å². The Kier molecular flexibility index (Phi) is 11.7. The van der Waals surface area contributed by atoms with Crippen molar-refractivity contribution in [1.82, 2.24) is 20.4 Å². The van der Waals surface area contributed by atoms with Crippen molar-refractivity contribution >= 4 is 23.6 Å². The summed E-state index contributed by atoms with van der Waals surface area (Å²) < 4.78 is 0. The number of carbonyl (C=O) groups excluding carboxylic acids is 4. The highest BCUT2D eigenvalue weighted by atomic mass is 16.2. The molecule has 2 atom stereocenters. The van der Waals surface area contributed by atoms with Gasteiger partial charge in [0.05, 0.1) is 12.1 Å². The average Bonchev–Trinajstić information content (AvgIpc) is 2.86. The van der Waals surface area contributed by atoms with Crippen molar-refractivity contribution in [2.45, 2.75) is 59.0 Å². The van der Waals surface area contributed by atoms with Gasteiger partial charge in [-0.05, 0) is 49.9 Å². The molecule has 0 spiro atoms. The van der Waals surface area contributed by atoms with E-state index < -0.39 is 11.8 Å². The molecule has 37 heavy (non-hydrogen) atoms. The van der Waals surface area contributed by atoms with E-state index in [-0.39, 0.29) is 35.7 Å². The van der Waals surface area contributed by atoms with Crippen LogP contribution in [0.4, 0.5) is 0 Å². The topological polar surface area (TPSA) is 151 Å². The maximum absolute atomic E-state index is 13.0. The van der Waals surface area contributed by atoms with Crippen molar-refractivity contribution in [3.63, 3.8) is 0 Å². The molecule has 2 rings (SSSR count). The lowest BCUT2D eigenvalue weighted by Crippen LogP contribution is -2.48. The van der Waals surface area contributed by atoms with Gasteiger partial charge in [-0.3, -0.25) is 19.2 Å². The molecular weight excluding hydrogens is 472 g/mol. The fourth-order valence-corrected chi connectivity index (χ4v) is 4.20. The Balaban J connectivity index is 1.72. The SMILES string of the molecule is CC(C)C(NCCCCCNC(C(=O)N1C=CC(C(N)=O)=CC1)C(C)C)C(=O)N1C=CC(C(N)=O)=CC1. The van der Waals surface area contributed by atoms with Crippen LogP contribution in [0.5, 0.6) is 0 Å². The number of nitrogens with two attached hydrogens (primary N) is 2. The Morgan fingerprint density at radius 3 is 1.38 bits per heavy atom. The average molecular weight is 515 g/mol. The van der Waals surface area contributed by atoms with Crippen molar-refractivity contribution in [2.24, 2.45) is 23.3 Å². The molecule has 0 aromatic heterocycles. The number of hydrogen-bond donors (Lipinski definition) is 4. The minimum absolute atomic E-state index is 0.0319. The summed E-state index contributed by atoms with van der Waals surface area (Å²) in [5.41, 5.74) is 11.4. The van der Waals surface area contributed by atoms with Gasteiger partial charge in [0.1, 0.15) is 0 Å². The van der Waals surface area contributed by atoms with Gasteiger partial charge in [-0.15, -0.1) is 0 Å². The van der Waals surface area contributed by atoms with Gasteiger partial charge in [-0.2, -0.15) is 0 Å². The number of amides is 4. The first-order valence-electron chi connectivity index (χ1n) is 13.0. The maximum atomic E-state index is 13.0. The van der Waals surface area contributed by atoms with Gasteiger partial charge < -0.3 is 31.9 Å². The van der Waals surface area contributed by atoms with Gasteiger partial charge in [-0.25, -0.2) is 0 Å².